The summed E-state index contributed by atoms with van der Waals surface area (Å²) >= 11 is 1.31. The first-order valence-electron chi connectivity index (χ1n) is 9.32. The molecule has 0 saturated heterocycles. The summed E-state index contributed by atoms with van der Waals surface area (Å²) in [7, 11) is 0. The number of nitrogens with zero attached hydrogens (tertiary/aromatic N) is 4. The second kappa shape index (κ2) is 7.84. The quantitative estimate of drug-likeness (QED) is 0.448. The number of amides is 1. The third-order valence-electron chi connectivity index (χ3n) is 4.62. The van der Waals surface area contributed by atoms with Crippen LogP contribution in [-0.2, 0) is 11.2 Å². The highest BCUT2D eigenvalue weighted by atomic mass is 32.1. The molecule has 8 heteroatoms. The lowest BCUT2D eigenvalue weighted by Gasteiger charge is -2.07. The van der Waals surface area contributed by atoms with E-state index in [-0.39, 0.29) is 12.3 Å². The van der Waals surface area contributed by atoms with Crippen LogP contribution in [0.2, 0.25) is 0 Å². The van der Waals surface area contributed by atoms with Gasteiger partial charge >= 0.3 is 0 Å². The number of hydrogen-bond donors (Lipinski definition) is 2. The zero-order valence-corrected chi connectivity index (χ0v) is 16.6. The maximum absolute atomic E-state index is 12.4. The van der Waals surface area contributed by atoms with Crippen molar-refractivity contribution >= 4 is 34.3 Å². The number of anilines is 1. The van der Waals surface area contributed by atoms with Crippen molar-refractivity contribution in [3.8, 4) is 22.5 Å². The Balaban J connectivity index is 1.53. The Kier molecular flexibility index (Phi) is 4.74. The van der Waals surface area contributed by atoms with Crippen LogP contribution in [-0.4, -0.2) is 30.2 Å². The van der Waals surface area contributed by atoms with E-state index in [4.69, 9.17) is 0 Å². The summed E-state index contributed by atoms with van der Waals surface area (Å²) in [6.45, 7) is 0. The topological polar surface area (TPSA) is 96.5 Å². The molecule has 0 aliphatic carbocycles. The van der Waals surface area contributed by atoms with E-state index in [2.05, 4.69) is 29.6 Å². The molecule has 0 aliphatic rings. The molecular formula is C22H16N6OS. The first-order valence-corrected chi connectivity index (χ1v) is 10.1. The second-order valence-electron chi connectivity index (χ2n) is 6.62. The van der Waals surface area contributed by atoms with E-state index in [9.17, 15) is 4.79 Å². The van der Waals surface area contributed by atoms with E-state index in [0.717, 1.165) is 38.4 Å². The lowest BCUT2D eigenvalue weighted by atomic mass is 10.0. The minimum Gasteiger partial charge on any atom is -0.353 e. The van der Waals surface area contributed by atoms with Crippen molar-refractivity contribution in [2.24, 2.45) is 0 Å². The molecule has 0 aliphatic heterocycles. The molecule has 0 fully saturated rings. The molecule has 0 unspecified atom stereocenters. The number of aromatic nitrogens is 5. The molecule has 0 bridgehead atoms. The number of fused-ring (bicyclic) bond motifs is 1. The Morgan fingerprint density at radius 2 is 1.90 bits per heavy atom. The van der Waals surface area contributed by atoms with Crippen LogP contribution in [0.25, 0.3) is 33.5 Å². The molecule has 5 heterocycles. The monoisotopic (exact) mass is 412 g/mol. The highest BCUT2D eigenvalue weighted by Crippen LogP contribution is 2.36. The Bertz CT molecular complexity index is 1310. The zero-order valence-electron chi connectivity index (χ0n) is 15.7. The van der Waals surface area contributed by atoms with Gasteiger partial charge in [-0.05, 0) is 54.0 Å². The van der Waals surface area contributed by atoms with Crippen LogP contribution < -0.4 is 5.32 Å². The predicted molar refractivity (Wildman–Crippen MR) is 117 cm³/mol. The predicted octanol–water partition coefficient (Wildman–Crippen LogP) is 4.32. The average molecular weight is 412 g/mol. The highest BCUT2D eigenvalue weighted by molar-refractivity contribution is 7.05. The van der Waals surface area contributed by atoms with Gasteiger partial charge in [-0.3, -0.25) is 14.8 Å². The van der Waals surface area contributed by atoms with Gasteiger partial charge in [-0.15, -0.1) is 0 Å². The second-order valence-corrected chi connectivity index (χ2v) is 7.54. The van der Waals surface area contributed by atoms with Gasteiger partial charge in [0.15, 0.2) is 0 Å². The third-order valence-corrected chi connectivity index (χ3v) is 5.36. The maximum Gasteiger partial charge on any atom is 0.230 e. The molecule has 0 aromatic carbocycles. The van der Waals surface area contributed by atoms with Crippen molar-refractivity contribution in [1.82, 2.24) is 24.3 Å². The molecule has 0 radical (unpaired) electrons. The summed E-state index contributed by atoms with van der Waals surface area (Å²) in [6.07, 6.45) is 7.17. The summed E-state index contributed by atoms with van der Waals surface area (Å²) in [4.78, 5) is 30.1. The van der Waals surface area contributed by atoms with E-state index in [1.165, 1.54) is 11.5 Å². The van der Waals surface area contributed by atoms with E-state index in [0.29, 0.717) is 5.82 Å². The highest BCUT2D eigenvalue weighted by Gasteiger charge is 2.17. The van der Waals surface area contributed by atoms with Crippen LogP contribution in [0.4, 0.5) is 5.82 Å². The SMILES string of the molecule is O=C(Cc1ccns1)Nc1cc(-c2[nH]c3cccnc3c2-c2ccccn2)ccn1. The number of pyridine rings is 3. The van der Waals surface area contributed by atoms with Gasteiger partial charge in [0, 0.05) is 35.2 Å². The number of hydrogen-bond acceptors (Lipinski definition) is 6. The van der Waals surface area contributed by atoms with Crippen molar-refractivity contribution in [2.75, 3.05) is 5.32 Å². The fraction of sp³-hybridized carbons (Fsp3) is 0.0455. The summed E-state index contributed by atoms with van der Waals surface area (Å²) in [5.41, 5.74) is 5.27. The first kappa shape index (κ1) is 18.1. The van der Waals surface area contributed by atoms with E-state index >= 15 is 0 Å². The van der Waals surface area contributed by atoms with Crippen molar-refractivity contribution < 1.29 is 4.79 Å². The normalized spacial score (nSPS) is 10.9. The van der Waals surface area contributed by atoms with Crippen LogP contribution in [0, 0.1) is 0 Å². The largest absolute Gasteiger partial charge is 0.353 e. The maximum atomic E-state index is 12.4. The van der Waals surface area contributed by atoms with Gasteiger partial charge in [0.25, 0.3) is 0 Å². The van der Waals surface area contributed by atoms with Crippen LogP contribution >= 0.6 is 11.5 Å². The molecule has 0 atom stereocenters. The number of aromatic amines is 1. The van der Waals surface area contributed by atoms with Crippen LogP contribution in [0.3, 0.4) is 0 Å². The van der Waals surface area contributed by atoms with Crippen LogP contribution in [0.1, 0.15) is 4.88 Å². The van der Waals surface area contributed by atoms with Gasteiger partial charge in [-0.2, -0.15) is 0 Å². The van der Waals surface area contributed by atoms with Crippen LogP contribution in [0.15, 0.2) is 73.3 Å². The molecule has 30 heavy (non-hydrogen) atoms. The Labute approximate surface area is 176 Å². The minimum atomic E-state index is -0.132. The fourth-order valence-corrected chi connectivity index (χ4v) is 3.90. The number of carbonyl (C=O) groups excluding carboxylic acids is 1. The fourth-order valence-electron chi connectivity index (χ4n) is 3.33. The van der Waals surface area contributed by atoms with Gasteiger partial charge in [0.05, 0.1) is 34.4 Å². The minimum absolute atomic E-state index is 0.132. The van der Waals surface area contributed by atoms with E-state index in [1.54, 1.807) is 24.8 Å². The molecule has 2 N–H and O–H groups in total. The van der Waals surface area contributed by atoms with E-state index in [1.807, 2.05) is 48.5 Å². The number of carbonyl (C=O) groups is 1. The summed E-state index contributed by atoms with van der Waals surface area (Å²) in [5, 5.41) is 2.87. The van der Waals surface area contributed by atoms with Crippen molar-refractivity contribution in [3.05, 3.63) is 78.2 Å². The Hall–Kier alpha value is -3.91. The number of nitrogens with one attached hydrogen (secondary N) is 2. The molecule has 1 amide bonds. The van der Waals surface area contributed by atoms with Gasteiger partial charge < -0.3 is 10.3 Å². The standard InChI is InChI=1S/C22H16N6OS/c29-19(13-15-7-11-26-30-15)28-18-12-14(6-10-24-18)21-20(16-4-1-2-8-23-16)22-17(27-21)5-3-9-25-22/h1-12,27H,13H2,(H,24,28,29). The van der Waals surface area contributed by atoms with Gasteiger partial charge in [0.1, 0.15) is 5.82 Å². The van der Waals surface area contributed by atoms with Gasteiger partial charge in [-0.1, -0.05) is 6.07 Å². The first-order chi connectivity index (χ1) is 14.8. The smallest absolute Gasteiger partial charge is 0.230 e. The lowest BCUT2D eigenvalue weighted by Crippen LogP contribution is -2.14. The summed E-state index contributed by atoms with van der Waals surface area (Å²) < 4.78 is 4.03. The lowest BCUT2D eigenvalue weighted by molar-refractivity contribution is -0.115. The molecule has 7 nitrogen and oxygen atoms in total. The zero-order chi connectivity index (χ0) is 20.3. The molecule has 5 aromatic rings. The number of H-pyrrole nitrogens is 1. The van der Waals surface area contributed by atoms with Crippen molar-refractivity contribution in [2.45, 2.75) is 6.42 Å². The summed E-state index contributed by atoms with van der Waals surface area (Å²) in [6, 6.07) is 15.3. The molecule has 5 rings (SSSR count). The molecule has 0 saturated carbocycles. The molecule has 146 valence electrons. The Morgan fingerprint density at radius 1 is 0.967 bits per heavy atom. The Morgan fingerprint density at radius 3 is 2.73 bits per heavy atom. The van der Waals surface area contributed by atoms with Gasteiger partial charge in [0.2, 0.25) is 5.91 Å². The number of rotatable bonds is 5. The molecule has 5 aromatic heterocycles. The van der Waals surface area contributed by atoms with Crippen molar-refractivity contribution in [1.29, 1.82) is 0 Å². The summed E-state index contributed by atoms with van der Waals surface area (Å²) in [5.74, 6) is 0.354. The van der Waals surface area contributed by atoms with Crippen molar-refractivity contribution in [3.63, 3.8) is 0 Å². The molecular weight excluding hydrogens is 396 g/mol. The van der Waals surface area contributed by atoms with E-state index < -0.39 is 0 Å². The van der Waals surface area contributed by atoms with Gasteiger partial charge in [-0.25, -0.2) is 9.36 Å². The van der Waals surface area contributed by atoms with Crippen LogP contribution in [0.5, 0.6) is 0 Å². The molecule has 0 spiro atoms. The average Bonchev–Trinajstić information content (AvgIpc) is 3.42. The third kappa shape index (κ3) is 3.56.